The summed E-state index contributed by atoms with van der Waals surface area (Å²) in [6.45, 7) is 0. The normalized spacial score (nSPS) is 11.1. The van der Waals surface area contributed by atoms with Gasteiger partial charge in [-0.1, -0.05) is 140 Å². The van der Waals surface area contributed by atoms with E-state index in [4.69, 9.17) is 15.0 Å². The summed E-state index contributed by atoms with van der Waals surface area (Å²) in [5.74, 6) is 0.926. The summed E-state index contributed by atoms with van der Waals surface area (Å²) in [5, 5.41) is 0. The molecule has 3 heterocycles. The third-order valence-corrected chi connectivity index (χ3v) is 12.9. The molecule has 0 atom stereocenters. The predicted octanol–water partition coefficient (Wildman–Crippen LogP) is 15.0. The second-order valence-corrected chi connectivity index (χ2v) is 17.4. The van der Waals surface area contributed by atoms with Crippen LogP contribution in [0.1, 0.15) is 22.3 Å². The van der Waals surface area contributed by atoms with Crippen LogP contribution in [0.25, 0.3) is 89.4 Å². The molecule has 0 radical (unpaired) electrons. The maximum atomic E-state index is 5.03. The van der Waals surface area contributed by atoms with Gasteiger partial charge in [0.1, 0.15) is 0 Å². The van der Waals surface area contributed by atoms with Crippen LogP contribution in [-0.4, -0.2) is 19.5 Å². The van der Waals surface area contributed by atoms with Crippen LogP contribution in [-0.2, 0) is 52.8 Å². The summed E-state index contributed by atoms with van der Waals surface area (Å²) in [6.07, 6.45) is 7.59. The van der Waals surface area contributed by atoms with Gasteiger partial charge >= 0.3 is 20.1 Å². The van der Waals surface area contributed by atoms with Crippen molar-refractivity contribution in [1.29, 1.82) is 0 Å². The molecule has 0 saturated heterocycles. The molecule has 0 fully saturated rings. The minimum atomic E-state index is 0. The van der Waals surface area contributed by atoms with E-state index in [1.165, 1.54) is 44.5 Å². The topological polar surface area (TPSA) is 43.6 Å². The Morgan fingerprint density at radius 2 is 1.01 bits per heavy atom. The molecule has 3 aromatic heterocycles. The smallest absolute Gasteiger partial charge is 0.367 e. The van der Waals surface area contributed by atoms with Crippen LogP contribution in [0.2, 0.25) is 0 Å². The van der Waals surface area contributed by atoms with E-state index in [0.29, 0.717) is 0 Å². The Morgan fingerprint density at radius 1 is 0.406 bits per heavy atom. The number of fused-ring (bicyclic) bond motifs is 1. The molecular formula is C64H47IrN4. The largest absolute Gasteiger partial charge is 3.00 e. The molecule has 0 saturated carbocycles. The fraction of sp³-hybridized carbons (Fsp3) is 0.0781. The van der Waals surface area contributed by atoms with E-state index >= 15 is 0 Å². The maximum Gasteiger partial charge on any atom is 3.00 e. The molecule has 0 aliphatic rings. The number of hydrogen-bond acceptors (Lipinski definition) is 3. The fourth-order valence-electron chi connectivity index (χ4n) is 9.19. The van der Waals surface area contributed by atoms with Crippen LogP contribution < -0.4 is 0 Å². The van der Waals surface area contributed by atoms with Gasteiger partial charge < -0.3 is 14.5 Å². The molecule has 0 aliphatic carbocycles. The minimum absolute atomic E-state index is 0. The van der Waals surface area contributed by atoms with Gasteiger partial charge in [-0.25, -0.2) is 0 Å². The summed E-state index contributed by atoms with van der Waals surface area (Å²) >= 11 is 0. The molecule has 4 nitrogen and oxygen atoms in total. The van der Waals surface area contributed by atoms with Crippen LogP contribution in [0.15, 0.2) is 219 Å². The first kappa shape index (κ1) is 45.0. The maximum absolute atomic E-state index is 5.03. The number of benzene rings is 8. The van der Waals surface area contributed by atoms with E-state index in [2.05, 4.69) is 200 Å². The molecule has 0 aliphatic heterocycles. The average Bonchev–Trinajstić information content (AvgIpc) is 3.76. The molecular weight excluding hydrogens is 1020 g/mol. The molecule has 0 unspecified atom stereocenters. The van der Waals surface area contributed by atoms with Gasteiger partial charge in [0, 0.05) is 19.4 Å². The van der Waals surface area contributed by atoms with E-state index in [0.717, 1.165) is 92.9 Å². The van der Waals surface area contributed by atoms with Crippen LogP contribution in [0.4, 0.5) is 0 Å². The summed E-state index contributed by atoms with van der Waals surface area (Å²) < 4.78 is 2.15. The van der Waals surface area contributed by atoms with Crippen molar-refractivity contribution >= 4 is 11.0 Å². The van der Waals surface area contributed by atoms with Gasteiger partial charge in [-0.15, -0.1) is 107 Å². The number of pyridine rings is 2. The zero-order valence-corrected chi connectivity index (χ0v) is 40.6. The van der Waals surface area contributed by atoms with Gasteiger partial charge in [-0.05, 0) is 98.4 Å². The molecule has 0 spiro atoms. The number of aryl methyl sites for hydroxylation is 5. The molecule has 0 N–H and O–H groups in total. The summed E-state index contributed by atoms with van der Waals surface area (Å²) in [4.78, 5) is 14.7. The summed E-state index contributed by atoms with van der Waals surface area (Å²) in [6, 6.07) is 83.1. The first-order valence-corrected chi connectivity index (χ1v) is 23.3. The molecule has 69 heavy (non-hydrogen) atoms. The number of para-hydroxylation sites is 2. The van der Waals surface area contributed by atoms with E-state index in [1.54, 1.807) is 0 Å². The molecule has 0 amide bonds. The molecule has 0 bridgehead atoms. The predicted molar refractivity (Wildman–Crippen MR) is 279 cm³/mol. The Kier molecular flexibility index (Phi) is 13.4. The van der Waals surface area contributed by atoms with Crippen molar-refractivity contribution in [3.63, 3.8) is 0 Å². The first-order chi connectivity index (χ1) is 33.6. The van der Waals surface area contributed by atoms with E-state index in [9.17, 15) is 0 Å². The summed E-state index contributed by atoms with van der Waals surface area (Å²) in [5.41, 5.74) is 21.3. The zero-order chi connectivity index (χ0) is 45.7. The number of imidazole rings is 1. The standard InChI is InChI=1S/C64H47N4.Ir/c1-68-63-22-11-10-21-62(63)67-64(68)53-30-27-45(28-31-53)23-25-47-39-48(26-24-46-29-37-60(65-43-46)52-15-6-3-7-16-52)41-57(40-47)59-20-9-8-19-58(59)56-36-38-61(66-44-56)55-18-12-17-54(42-55)51-34-32-50(33-35-51)49-13-4-2-5-14-49;/h2-15,17,19-22,27-30,32-44H,23-26H2,1H3;/q-3;+3. The number of hydrogen-bond donors (Lipinski definition) is 0. The van der Waals surface area contributed by atoms with Crippen molar-refractivity contribution in [3.05, 3.63) is 259 Å². The Balaban J connectivity index is 0.00000553. The number of nitrogens with zero attached hydrogens (tertiary/aromatic N) is 4. The first-order valence-electron chi connectivity index (χ1n) is 23.3. The second kappa shape index (κ2) is 20.6. The average molecular weight is 1060 g/mol. The minimum Gasteiger partial charge on any atom is -0.367 e. The van der Waals surface area contributed by atoms with Crippen molar-refractivity contribution in [2.24, 2.45) is 7.05 Å². The molecule has 11 aromatic rings. The summed E-state index contributed by atoms with van der Waals surface area (Å²) in [7, 11) is 2.07. The molecule has 8 aromatic carbocycles. The zero-order valence-electron chi connectivity index (χ0n) is 38.2. The van der Waals surface area contributed by atoms with Crippen molar-refractivity contribution in [2.45, 2.75) is 25.7 Å². The van der Waals surface area contributed by atoms with Gasteiger partial charge in [0.25, 0.3) is 0 Å². The molecule has 5 heteroatoms. The number of aromatic nitrogens is 4. The van der Waals surface area contributed by atoms with Gasteiger partial charge in [0.05, 0.1) is 16.9 Å². The van der Waals surface area contributed by atoms with E-state index < -0.39 is 0 Å². The van der Waals surface area contributed by atoms with E-state index in [-0.39, 0.29) is 20.1 Å². The second-order valence-electron chi connectivity index (χ2n) is 17.4. The van der Waals surface area contributed by atoms with Crippen LogP contribution >= 0.6 is 0 Å². The monoisotopic (exact) mass is 1060 g/mol. The van der Waals surface area contributed by atoms with Crippen LogP contribution in [0.5, 0.6) is 0 Å². The van der Waals surface area contributed by atoms with Crippen LogP contribution in [0, 0.1) is 18.2 Å². The third kappa shape index (κ3) is 10.1. The van der Waals surface area contributed by atoms with Gasteiger partial charge in [-0.3, -0.25) is 4.98 Å². The Morgan fingerprint density at radius 3 is 1.71 bits per heavy atom. The van der Waals surface area contributed by atoms with E-state index in [1.807, 2.05) is 48.8 Å². The third-order valence-electron chi connectivity index (χ3n) is 12.9. The van der Waals surface area contributed by atoms with Crippen LogP contribution in [0.3, 0.4) is 0 Å². The van der Waals surface area contributed by atoms with Gasteiger partial charge in [0.2, 0.25) is 0 Å². The fourth-order valence-corrected chi connectivity index (χ4v) is 9.19. The van der Waals surface area contributed by atoms with Gasteiger partial charge in [0.15, 0.2) is 0 Å². The van der Waals surface area contributed by atoms with Crippen molar-refractivity contribution < 1.29 is 20.1 Å². The van der Waals surface area contributed by atoms with Crippen molar-refractivity contribution in [2.75, 3.05) is 0 Å². The quantitative estimate of drug-likeness (QED) is 0.108. The Hall–Kier alpha value is -7.82. The Labute approximate surface area is 418 Å². The Bertz CT molecular complexity index is 3470. The molecule has 11 rings (SSSR count). The SMILES string of the molecule is Cn1c(-c2[c-]cc(CCc3cc(CCc4ccc(-c5[c-]cccc5)nc4)cc(-c4ccccc4-c4ccc(-c5[c-]ccc(-c6ccc(-c7ccccc7)cc6)c5)nc4)c3)cc2)nc2ccccc21.[Ir+3]. The van der Waals surface area contributed by atoms with Gasteiger partial charge in [-0.2, -0.15) is 0 Å². The van der Waals surface area contributed by atoms with Crippen molar-refractivity contribution in [1.82, 2.24) is 19.5 Å². The molecule has 332 valence electrons. The number of rotatable bonds is 13. The van der Waals surface area contributed by atoms with Crippen molar-refractivity contribution in [3.8, 4) is 78.4 Å².